The van der Waals surface area contributed by atoms with Crippen LogP contribution in [0.1, 0.15) is 25.7 Å². The first-order valence-electron chi connectivity index (χ1n) is 7.97. The molecule has 0 saturated carbocycles. The lowest BCUT2D eigenvalue weighted by Crippen LogP contribution is -2.49. The van der Waals surface area contributed by atoms with Gasteiger partial charge in [-0.25, -0.2) is 0 Å². The van der Waals surface area contributed by atoms with E-state index in [1.54, 1.807) is 0 Å². The number of rotatable bonds is 4. The third kappa shape index (κ3) is 3.01. The summed E-state index contributed by atoms with van der Waals surface area (Å²) in [4.78, 5) is 14.4. The number of carbonyl (C=O) groups excluding carboxylic acids is 1. The van der Waals surface area contributed by atoms with Gasteiger partial charge in [-0.15, -0.1) is 0 Å². The fourth-order valence-corrected chi connectivity index (χ4v) is 3.13. The SMILES string of the molecule is NC(=O)C1(Nc2ccccc2)C=CC(N2CCCCC2)=CC1. The quantitative estimate of drug-likeness (QED) is 0.898. The van der Waals surface area contributed by atoms with Crippen LogP contribution in [-0.2, 0) is 4.79 Å². The molecule has 1 atom stereocenters. The fraction of sp³-hybridized carbons (Fsp3) is 0.389. The molecular formula is C18H23N3O. The number of carbonyl (C=O) groups is 1. The van der Waals surface area contributed by atoms with E-state index in [9.17, 15) is 4.79 Å². The lowest BCUT2D eigenvalue weighted by atomic mass is 9.88. The molecule has 3 rings (SSSR count). The van der Waals surface area contributed by atoms with Gasteiger partial charge in [-0.1, -0.05) is 24.3 Å². The number of nitrogens with zero attached hydrogens (tertiary/aromatic N) is 1. The van der Waals surface area contributed by atoms with Crippen molar-refractivity contribution in [2.45, 2.75) is 31.2 Å². The standard InChI is InChI=1S/C18H23N3O/c19-17(22)18(20-15-7-3-1-4-8-15)11-9-16(10-12-18)21-13-5-2-6-14-21/h1,3-4,7-11,20H,2,5-6,12-14H2,(H2,19,22). The average molecular weight is 297 g/mol. The molecule has 3 N–H and O–H groups in total. The molecule has 1 heterocycles. The lowest BCUT2D eigenvalue weighted by Gasteiger charge is -2.35. The van der Waals surface area contributed by atoms with Crippen LogP contribution in [0.3, 0.4) is 0 Å². The van der Waals surface area contributed by atoms with Crippen molar-refractivity contribution in [3.05, 3.63) is 54.3 Å². The largest absolute Gasteiger partial charge is 0.372 e. The molecule has 1 aromatic carbocycles. The van der Waals surface area contributed by atoms with Crippen molar-refractivity contribution in [2.24, 2.45) is 5.73 Å². The number of anilines is 1. The van der Waals surface area contributed by atoms with Crippen LogP contribution in [0.2, 0.25) is 0 Å². The molecule has 1 fully saturated rings. The smallest absolute Gasteiger partial charge is 0.247 e. The molecule has 1 aliphatic carbocycles. The zero-order valence-corrected chi connectivity index (χ0v) is 12.8. The van der Waals surface area contributed by atoms with E-state index in [0.29, 0.717) is 6.42 Å². The number of para-hydroxylation sites is 1. The normalized spacial score (nSPS) is 24.7. The second-order valence-electron chi connectivity index (χ2n) is 6.04. The predicted octanol–water partition coefficient (Wildman–Crippen LogP) is 2.65. The number of piperidine rings is 1. The highest BCUT2D eigenvalue weighted by molar-refractivity contribution is 5.91. The lowest BCUT2D eigenvalue weighted by molar-refractivity contribution is -0.120. The minimum Gasteiger partial charge on any atom is -0.372 e. The fourth-order valence-electron chi connectivity index (χ4n) is 3.13. The van der Waals surface area contributed by atoms with Crippen LogP contribution in [0.4, 0.5) is 5.69 Å². The van der Waals surface area contributed by atoms with E-state index >= 15 is 0 Å². The molecule has 0 bridgehead atoms. The summed E-state index contributed by atoms with van der Waals surface area (Å²) in [5.74, 6) is -0.346. The number of hydrogen-bond donors (Lipinski definition) is 2. The monoisotopic (exact) mass is 297 g/mol. The molecule has 22 heavy (non-hydrogen) atoms. The van der Waals surface area contributed by atoms with Crippen molar-refractivity contribution in [3.63, 3.8) is 0 Å². The van der Waals surface area contributed by atoms with Crippen molar-refractivity contribution in [2.75, 3.05) is 18.4 Å². The van der Waals surface area contributed by atoms with Crippen LogP contribution in [0.15, 0.2) is 54.3 Å². The first kappa shape index (κ1) is 14.7. The molecule has 4 nitrogen and oxygen atoms in total. The van der Waals surface area contributed by atoms with Gasteiger partial charge in [-0.05, 0) is 43.5 Å². The molecule has 1 aromatic rings. The zero-order valence-electron chi connectivity index (χ0n) is 12.8. The number of likely N-dealkylation sites (tertiary alicyclic amines) is 1. The van der Waals surface area contributed by atoms with Crippen LogP contribution in [-0.4, -0.2) is 29.4 Å². The van der Waals surface area contributed by atoms with E-state index in [4.69, 9.17) is 5.73 Å². The van der Waals surface area contributed by atoms with Gasteiger partial charge >= 0.3 is 0 Å². The van der Waals surface area contributed by atoms with Crippen molar-refractivity contribution in [1.29, 1.82) is 0 Å². The summed E-state index contributed by atoms with van der Waals surface area (Å²) in [6, 6.07) is 9.73. The second kappa shape index (κ2) is 6.26. The summed E-state index contributed by atoms with van der Waals surface area (Å²) in [6.07, 6.45) is 10.5. The van der Waals surface area contributed by atoms with E-state index in [2.05, 4.69) is 16.3 Å². The van der Waals surface area contributed by atoms with Gasteiger partial charge in [-0.3, -0.25) is 4.79 Å². The van der Waals surface area contributed by atoms with Gasteiger partial charge < -0.3 is 16.0 Å². The second-order valence-corrected chi connectivity index (χ2v) is 6.04. The number of amides is 1. The molecule has 0 radical (unpaired) electrons. The number of hydrogen-bond acceptors (Lipinski definition) is 3. The highest BCUT2D eigenvalue weighted by atomic mass is 16.1. The third-order valence-corrected chi connectivity index (χ3v) is 4.47. The zero-order chi connectivity index (χ0) is 15.4. The molecule has 4 heteroatoms. The summed E-state index contributed by atoms with van der Waals surface area (Å²) < 4.78 is 0. The van der Waals surface area contributed by atoms with E-state index in [1.165, 1.54) is 25.0 Å². The first-order valence-corrected chi connectivity index (χ1v) is 7.97. The van der Waals surface area contributed by atoms with Gasteiger partial charge in [0.15, 0.2) is 0 Å². The van der Waals surface area contributed by atoms with Crippen molar-refractivity contribution in [3.8, 4) is 0 Å². The maximum atomic E-state index is 12.0. The Bertz CT molecular complexity index is 588. The van der Waals surface area contributed by atoms with Gasteiger partial charge in [0.05, 0.1) is 0 Å². The van der Waals surface area contributed by atoms with Crippen LogP contribution in [0, 0.1) is 0 Å². The summed E-state index contributed by atoms with van der Waals surface area (Å²) in [7, 11) is 0. The number of primary amides is 1. The Morgan fingerprint density at radius 3 is 2.45 bits per heavy atom. The van der Waals surface area contributed by atoms with Crippen LogP contribution in [0.5, 0.6) is 0 Å². The number of nitrogens with one attached hydrogen (secondary N) is 1. The van der Waals surface area contributed by atoms with E-state index < -0.39 is 5.54 Å². The minimum atomic E-state index is -0.833. The Hall–Kier alpha value is -2.23. The van der Waals surface area contributed by atoms with Crippen molar-refractivity contribution in [1.82, 2.24) is 4.90 Å². The highest BCUT2D eigenvalue weighted by Crippen LogP contribution is 2.28. The predicted molar refractivity (Wildman–Crippen MR) is 89.3 cm³/mol. The molecule has 1 unspecified atom stereocenters. The van der Waals surface area contributed by atoms with Gasteiger partial charge in [0, 0.05) is 30.9 Å². The molecule has 0 spiro atoms. The average Bonchev–Trinajstić information content (AvgIpc) is 2.57. The summed E-state index contributed by atoms with van der Waals surface area (Å²) in [6.45, 7) is 2.21. The number of benzene rings is 1. The molecule has 1 aliphatic heterocycles. The van der Waals surface area contributed by atoms with Crippen molar-refractivity contribution < 1.29 is 4.79 Å². The van der Waals surface area contributed by atoms with Gasteiger partial charge in [-0.2, -0.15) is 0 Å². The van der Waals surface area contributed by atoms with Crippen molar-refractivity contribution >= 4 is 11.6 Å². The Morgan fingerprint density at radius 1 is 1.14 bits per heavy atom. The first-order chi connectivity index (χ1) is 10.7. The topological polar surface area (TPSA) is 58.4 Å². The number of allylic oxidation sites excluding steroid dienone is 1. The third-order valence-electron chi connectivity index (χ3n) is 4.47. The Morgan fingerprint density at radius 2 is 1.86 bits per heavy atom. The summed E-state index contributed by atoms with van der Waals surface area (Å²) >= 11 is 0. The van der Waals surface area contributed by atoms with Gasteiger partial charge in [0.2, 0.25) is 5.91 Å². The Labute approximate surface area is 131 Å². The highest BCUT2D eigenvalue weighted by Gasteiger charge is 2.35. The van der Waals surface area contributed by atoms with Crippen LogP contribution in [0.25, 0.3) is 0 Å². The van der Waals surface area contributed by atoms with Crippen LogP contribution >= 0.6 is 0 Å². The molecule has 1 amide bonds. The van der Waals surface area contributed by atoms with Gasteiger partial charge in [0.25, 0.3) is 0 Å². The maximum Gasteiger partial charge on any atom is 0.247 e. The number of nitrogens with two attached hydrogens (primary N) is 1. The summed E-state index contributed by atoms with van der Waals surface area (Å²) in [5, 5.41) is 3.29. The van der Waals surface area contributed by atoms with E-state index in [1.807, 2.05) is 42.5 Å². The maximum absolute atomic E-state index is 12.0. The molecule has 116 valence electrons. The molecule has 2 aliphatic rings. The van der Waals surface area contributed by atoms with E-state index in [-0.39, 0.29) is 5.91 Å². The summed E-state index contributed by atoms with van der Waals surface area (Å²) in [5.41, 5.74) is 6.96. The molecule has 1 saturated heterocycles. The molecule has 0 aromatic heterocycles. The molecular weight excluding hydrogens is 274 g/mol. The Balaban J connectivity index is 1.76. The van der Waals surface area contributed by atoms with Gasteiger partial charge in [0.1, 0.15) is 5.54 Å². The van der Waals surface area contributed by atoms with E-state index in [0.717, 1.165) is 18.8 Å². The van der Waals surface area contributed by atoms with Crippen LogP contribution < -0.4 is 11.1 Å². The Kier molecular flexibility index (Phi) is 4.18. The minimum absolute atomic E-state index is 0.346.